The van der Waals surface area contributed by atoms with Crippen LogP contribution in [0.2, 0.25) is 0 Å². The molecule has 192 valence electrons. The second kappa shape index (κ2) is 11.0. The van der Waals surface area contributed by atoms with E-state index in [2.05, 4.69) is 25.8 Å². The maximum atomic E-state index is 14.8. The van der Waals surface area contributed by atoms with Gasteiger partial charge in [-0.3, -0.25) is 9.59 Å². The van der Waals surface area contributed by atoms with Crippen molar-refractivity contribution in [3.05, 3.63) is 66.0 Å². The number of nitrogen functional groups attached to an aromatic ring is 1. The lowest BCUT2D eigenvalue weighted by Crippen LogP contribution is -2.35. The molecule has 2 amide bonds. The first-order valence-corrected chi connectivity index (χ1v) is 11.0. The number of nitrogens with two attached hydrogens (primary N) is 1. The maximum absolute atomic E-state index is 14.8. The molecule has 0 atom stereocenters. The van der Waals surface area contributed by atoms with Crippen molar-refractivity contribution >= 4 is 35.2 Å². The van der Waals surface area contributed by atoms with Crippen molar-refractivity contribution in [3.8, 4) is 11.6 Å². The SMILES string of the molecule is Nc1ncnc(Oc2ccc(NC(=O)C3(C(=O)Nc4ccc(F)cc4)CC3)cc2F)c1/C=N/OCCO. The van der Waals surface area contributed by atoms with Gasteiger partial charge in [-0.1, -0.05) is 5.16 Å². The van der Waals surface area contributed by atoms with E-state index >= 15 is 0 Å². The number of carbonyl (C=O) groups is 2. The normalized spacial score (nSPS) is 13.7. The largest absolute Gasteiger partial charge is 0.435 e. The molecule has 1 aromatic heterocycles. The van der Waals surface area contributed by atoms with Crippen LogP contribution in [0.4, 0.5) is 26.0 Å². The van der Waals surface area contributed by atoms with E-state index in [0.717, 1.165) is 12.4 Å². The van der Waals surface area contributed by atoms with Crippen LogP contribution in [0.15, 0.2) is 53.9 Å². The number of hydrogen-bond donors (Lipinski definition) is 4. The minimum atomic E-state index is -1.30. The number of nitrogens with zero attached hydrogens (tertiary/aromatic N) is 3. The summed E-state index contributed by atoms with van der Waals surface area (Å²) in [6.45, 7) is -0.285. The van der Waals surface area contributed by atoms with Gasteiger partial charge in [-0.25, -0.2) is 18.7 Å². The van der Waals surface area contributed by atoms with Crippen molar-refractivity contribution in [3.63, 3.8) is 0 Å². The lowest BCUT2D eigenvalue weighted by Gasteiger charge is -2.16. The molecule has 13 heteroatoms. The van der Waals surface area contributed by atoms with Crippen molar-refractivity contribution in [2.75, 3.05) is 29.6 Å². The molecule has 1 aliphatic rings. The van der Waals surface area contributed by atoms with Gasteiger partial charge in [0, 0.05) is 17.4 Å². The first kappa shape index (κ1) is 25.4. The van der Waals surface area contributed by atoms with Gasteiger partial charge in [0.2, 0.25) is 17.7 Å². The summed E-state index contributed by atoms with van der Waals surface area (Å²) < 4.78 is 33.4. The first-order valence-electron chi connectivity index (χ1n) is 11.0. The Kier molecular flexibility index (Phi) is 7.53. The Labute approximate surface area is 209 Å². The fourth-order valence-electron chi connectivity index (χ4n) is 3.26. The van der Waals surface area contributed by atoms with E-state index in [1.54, 1.807) is 0 Å². The van der Waals surface area contributed by atoms with Crippen molar-refractivity contribution < 1.29 is 33.1 Å². The van der Waals surface area contributed by atoms with Gasteiger partial charge in [0.05, 0.1) is 12.8 Å². The second-order valence-corrected chi connectivity index (χ2v) is 8.01. The average molecular weight is 512 g/mol. The minimum Gasteiger partial charge on any atom is -0.435 e. The molecule has 1 aliphatic carbocycles. The minimum absolute atomic E-state index is 0.000662. The van der Waals surface area contributed by atoms with E-state index in [9.17, 15) is 18.4 Å². The zero-order valence-electron chi connectivity index (χ0n) is 19.3. The summed E-state index contributed by atoms with van der Waals surface area (Å²) in [6, 6.07) is 8.86. The maximum Gasteiger partial charge on any atom is 0.240 e. The Morgan fingerprint density at radius 2 is 1.76 bits per heavy atom. The molecule has 0 aliphatic heterocycles. The number of hydrogen-bond acceptors (Lipinski definition) is 9. The topological polar surface area (TPSA) is 161 Å². The fraction of sp³-hybridized carbons (Fsp3) is 0.208. The average Bonchev–Trinajstić information content (AvgIpc) is 3.69. The number of nitrogens with one attached hydrogen (secondary N) is 2. The zero-order valence-corrected chi connectivity index (χ0v) is 19.3. The Hall–Kier alpha value is -4.65. The summed E-state index contributed by atoms with van der Waals surface area (Å²) in [4.78, 5) is 38.1. The molecule has 0 spiro atoms. The van der Waals surface area contributed by atoms with Crippen LogP contribution in [0.1, 0.15) is 18.4 Å². The summed E-state index contributed by atoms with van der Waals surface area (Å²) in [5, 5.41) is 17.5. The Morgan fingerprint density at radius 1 is 1.08 bits per heavy atom. The number of aliphatic hydroxyl groups excluding tert-OH is 1. The monoisotopic (exact) mass is 512 g/mol. The Bertz CT molecular complexity index is 1330. The number of halogens is 2. The lowest BCUT2D eigenvalue weighted by atomic mass is 10.0. The molecule has 11 nitrogen and oxygen atoms in total. The molecule has 0 saturated heterocycles. The van der Waals surface area contributed by atoms with E-state index in [-0.39, 0.29) is 41.9 Å². The first-order chi connectivity index (χ1) is 17.8. The molecule has 5 N–H and O–H groups in total. The molecule has 3 aromatic rings. The Balaban J connectivity index is 1.43. The van der Waals surface area contributed by atoms with Gasteiger partial charge >= 0.3 is 0 Å². The van der Waals surface area contributed by atoms with Gasteiger partial charge in [0.25, 0.3) is 0 Å². The predicted octanol–water partition coefficient (Wildman–Crippen LogP) is 2.83. The van der Waals surface area contributed by atoms with Crippen LogP contribution < -0.4 is 21.1 Å². The highest BCUT2D eigenvalue weighted by atomic mass is 19.1. The summed E-state index contributed by atoms with van der Waals surface area (Å²) in [6.07, 6.45) is 2.92. The number of ether oxygens (including phenoxy) is 1. The van der Waals surface area contributed by atoms with Gasteiger partial charge in [0.15, 0.2) is 11.6 Å². The molecule has 1 saturated carbocycles. The van der Waals surface area contributed by atoms with E-state index < -0.39 is 28.9 Å². The molecule has 0 radical (unpaired) electrons. The van der Waals surface area contributed by atoms with Crippen molar-refractivity contribution in [1.82, 2.24) is 9.97 Å². The van der Waals surface area contributed by atoms with Gasteiger partial charge < -0.3 is 31.0 Å². The molecule has 37 heavy (non-hydrogen) atoms. The highest BCUT2D eigenvalue weighted by Crippen LogP contribution is 2.47. The molecule has 0 unspecified atom stereocenters. The molecular weight excluding hydrogens is 490 g/mol. The fourth-order valence-corrected chi connectivity index (χ4v) is 3.26. The van der Waals surface area contributed by atoms with Gasteiger partial charge in [0.1, 0.15) is 35.5 Å². The summed E-state index contributed by atoms with van der Waals surface area (Å²) in [5.41, 5.74) is 5.10. The van der Waals surface area contributed by atoms with Crippen LogP contribution >= 0.6 is 0 Å². The third kappa shape index (κ3) is 5.95. The molecule has 2 aromatic carbocycles. The van der Waals surface area contributed by atoms with Crippen LogP contribution in [0.3, 0.4) is 0 Å². The van der Waals surface area contributed by atoms with Gasteiger partial charge in [-0.2, -0.15) is 0 Å². The molecular formula is C24H22F2N6O5. The van der Waals surface area contributed by atoms with Crippen LogP contribution in [0.25, 0.3) is 0 Å². The second-order valence-electron chi connectivity index (χ2n) is 8.01. The zero-order chi connectivity index (χ0) is 26.4. The summed E-state index contributed by atoms with van der Waals surface area (Å²) in [5.74, 6) is -2.73. The highest BCUT2D eigenvalue weighted by molar-refractivity contribution is 6.16. The summed E-state index contributed by atoms with van der Waals surface area (Å²) >= 11 is 0. The van der Waals surface area contributed by atoms with Crippen LogP contribution in [-0.2, 0) is 14.4 Å². The molecule has 0 bridgehead atoms. The number of oxime groups is 1. The number of aliphatic hydroxyl groups is 1. The number of amides is 2. The van der Waals surface area contributed by atoms with Gasteiger partial charge in [-0.15, -0.1) is 0 Å². The van der Waals surface area contributed by atoms with Crippen LogP contribution in [-0.4, -0.2) is 46.3 Å². The number of aromatic nitrogens is 2. The predicted molar refractivity (Wildman–Crippen MR) is 129 cm³/mol. The summed E-state index contributed by atoms with van der Waals surface area (Å²) in [7, 11) is 0. The quantitative estimate of drug-likeness (QED) is 0.140. The van der Waals surface area contributed by atoms with E-state index in [1.165, 1.54) is 42.6 Å². The van der Waals surface area contributed by atoms with Crippen molar-refractivity contribution in [2.24, 2.45) is 10.6 Å². The number of anilines is 3. The van der Waals surface area contributed by atoms with Crippen LogP contribution in [0, 0.1) is 17.0 Å². The smallest absolute Gasteiger partial charge is 0.240 e. The van der Waals surface area contributed by atoms with Crippen LogP contribution in [0.5, 0.6) is 11.6 Å². The number of carbonyl (C=O) groups excluding carboxylic acids is 2. The Morgan fingerprint density at radius 3 is 2.41 bits per heavy atom. The van der Waals surface area contributed by atoms with E-state index in [4.69, 9.17) is 20.4 Å². The van der Waals surface area contributed by atoms with E-state index in [0.29, 0.717) is 18.5 Å². The third-order valence-corrected chi connectivity index (χ3v) is 5.43. The molecule has 4 rings (SSSR count). The third-order valence-electron chi connectivity index (χ3n) is 5.43. The van der Waals surface area contributed by atoms with Gasteiger partial charge in [-0.05, 0) is 49.2 Å². The van der Waals surface area contributed by atoms with Crippen molar-refractivity contribution in [2.45, 2.75) is 12.8 Å². The number of benzene rings is 2. The number of rotatable bonds is 10. The lowest BCUT2D eigenvalue weighted by molar-refractivity contribution is -0.131. The highest BCUT2D eigenvalue weighted by Gasteiger charge is 2.56. The van der Waals surface area contributed by atoms with E-state index in [1.807, 2.05) is 0 Å². The standard InChI is InChI=1S/C24H22F2N6O5/c25-14-1-3-15(4-2-14)31-22(34)24(7-8-24)23(35)32-16-5-6-19(18(26)11-16)37-21-17(12-30-36-10-9-33)20(27)28-13-29-21/h1-6,11-13,33H,7-10H2,(H,31,34)(H,32,35)(H2,27,28,29)/b30-12+. The van der Waals surface area contributed by atoms with Crippen molar-refractivity contribution in [1.29, 1.82) is 0 Å². The molecule has 1 heterocycles. The molecule has 1 fully saturated rings.